The summed E-state index contributed by atoms with van der Waals surface area (Å²) in [4.78, 5) is 37.0. The van der Waals surface area contributed by atoms with Gasteiger partial charge in [0.1, 0.15) is 19.0 Å². The number of rotatable bonds is 9. The van der Waals surface area contributed by atoms with Gasteiger partial charge in [-0.15, -0.1) is 0 Å². The number of carbonyl (C=O) groups excluding carboxylic acids is 3. The number of halogens is 1. The van der Waals surface area contributed by atoms with Crippen LogP contribution in [0, 0.1) is 5.82 Å². The van der Waals surface area contributed by atoms with Gasteiger partial charge in [-0.25, -0.2) is 9.18 Å². The predicted octanol–water partition coefficient (Wildman–Crippen LogP) is 3.66. The summed E-state index contributed by atoms with van der Waals surface area (Å²) in [7, 11) is 1.38. The summed E-state index contributed by atoms with van der Waals surface area (Å²) in [6, 6.07) is 14.3. The maximum atomic E-state index is 13.0. The quantitative estimate of drug-likeness (QED) is 0.354. The SMILES string of the molecule is COc1cc(C(=O)OCC(=O)c2ccc3c(c2)OCCO3)ccc1OCC(=O)Nc1ccc(F)cc1. The van der Waals surface area contributed by atoms with Crippen molar-refractivity contribution in [3.05, 3.63) is 77.6 Å². The number of hydrogen-bond donors (Lipinski definition) is 1. The highest BCUT2D eigenvalue weighted by molar-refractivity contribution is 6.00. The molecule has 0 fully saturated rings. The van der Waals surface area contributed by atoms with E-state index in [1.165, 1.54) is 49.6 Å². The lowest BCUT2D eigenvalue weighted by molar-refractivity contribution is -0.118. The minimum Gasteiger partial charge on any atom is -0.493 e. The molecule has 9 nitrogen and oxygen atoms in total. The molecule has 1 amide bonds. The van der Waals surface area contributed by atoms with E-state index in [9.17, 15) is 18.8 Å². The van der Waals surface area contributed by atoms with Gasteiger partial charge in [0, 0.05) is 11.3 Å². The van der Waals surface area contributed by atoms with Crippen molar-refractivity contribution in [1.82, 2.24) is 0 Å². The molecular weight excluding hydrogens is 473 g/mol. The van der Waals surface area contributed by atoms with Gasteiger partial charge in [-0.05, 0) is 60.7 Å². The molecule has 1 aliphatic rings. The highest BCUT2D eigenvalue weighted by Crippen LogP contribution is 2.31. The van der Waals surface area contributed by atoms with E-state index in [4.69, 9.17) is 23.7 Å². The molecular formula is C26H22FNO8. The van der Waals surface area contributed by atoms with Crippen LogP contribution in [0.2, 0.25) is 0 Å². The molecule has 0 saturated carbocycles. The zero-order valence-electron chi connectivity index (χ0n) is 19.2. The molecule has 1 heterocycles. The molecule has 186 valence electrons. The first-order valence-electron chi connectivity index (χ1n) is 10.9. The lowest BCUT2D eigenvalue weighted by Gasteiger charge is -2.18. The van der Waals surface area contributed by atoms with Crippen LogP contribution in [-0.4, -0.2) is 51.2 Å². The molecule has 0 saturated heterocycles. The van der Waals surface area contributed by atoms with E-state index in [2.05, 4.69) is 5.32 Å². The summed E-state index contributed by atoms with van der Waals surface area (Å²) in [5.41, 5.74) is 0.873. The molecule has 0 radical (unpaired) electrons. The number of Topliss-reactive ketones (excluding diaryl/α,β-unsaturated/α-hetero) is 1. The second-order valence-corrected chi connectivity index (χ2v) is 7.57. The number of anilines is 1. The maximum Gasteiger partial charge on any atom is 0.338 e. The summed E-state index contributed by atoms with van der Waals surface area (Å²) in [6.45, 7) is 0.0126. The van der Waals surface area contributed by atoms with Gasteiger partial charge in [-0.2, -0.15) is 0 Å². The standard InChI is InChI=1S/C26H22FNO8/c1-32-23-13-17(3-9-21(23)35-15-25(30)28-19-6-4-18(27)5-7-19)26(31)36-14-20(29)16-2-8-22-24(12-16)34-11-10-33-22/h2-9,12-13H,10-11,14-15H2,1H3,(H,28,30). The van der Waals surface area contributed by atoms with E-state index in [1.807, 2.05) is 0 Å². The maximum absolute atomic E-state index is 13.0. The molecule has 1 aliphatic heterocycles. The lowest BCUT2D eigenvalue weighted by atomic mass is 10.1. The first-order valence-corrected chi connectivity index (χ1v) is 10.9. The number of ketones is 1. The predicted molar refractivity (Wildman–Crippen MR) is 126 cm³/mol. The van der Waals surface area contributed by atoms with Crippen LogP contribution < -0.4 is 24.3 Å². The normalized spacial score (nSPS) is 11.8. The zero-order chi connectivity index (χ0) is 25.5. The molecule has 0 aromatic heterocycles. The Morgan fingerprint density at radius 3 is 2.33 bits per heavy atom. The Morgan fingerprint density at radius 1 is 0.861 bits per heavy atom. The van der Waals surface area contributed by atoms with E-state index >= 15 is 0 Å². The van der Waals surface area contributed by atoms with Crippen molar-refractivity contribution in [1.29, 1.82) is 0 Å². The van der Waals surface area contributed by atoms with Crippen molar-refractivity contribution < 1.29 is 42.5 Å². The number of fused-ring (bicyclic) bond motifs is 1. The third-order valence-electron chi connectivity index (χ3n) is 5.08. The van der Waals surface area contributed by atoms with Crippen molar-refractivity contribution in [2.45, 2.75) is 0 Å². The van der Waals surface area contributed by atoms with Crippen LogP contribution in [0.3, 0.4) is 0 Å². The first-order chi connectivity index (χ1) is 17.4. The van der Waals surface area contributed by atoms with Gasteiger partial charge in [0.05, 0.1) is 12.7 Å². The van der Waals surface area contributed by atoms with Crippen molar-refractivity contribution in [3.63, 3.8) is 0 Å². The van der Waals surface area contributed by atoms with E-state index < -0.39 is 30.1 Å². The molecule has 36 heavy (non-hydrogen) atoms. The molecule has 4 rings (SSSR count). The molecule has 0 aliphatic carbocycles. The van der Waals surface area contributed by atoms with E-state index in [0.717, 1.165) is 0 Å². The molecule has 0 bridgehead atoms. The summed E-state index contributed by atoms with van der Waals surface area (Å²) in [5.74, 6) is -0.598. The topological polar surface area (TPSA) is 109 Å². The third kappa shape index (κ3) is 6.09. The number of esters is 1. The fourth-order valence-electron chi connectivity index (χ4n) is 3.30. The Hall–Kier alpha value is -4.60. The van der Waals surface area contributed by atoms with E-state index in [0.29, 0.717) is 36.0 Å². The van der Waals surface area contributed by atoms with Crippen molar-refractivity contribution in [3.8, 4) is 23.0 Å². The number of hydrogen-bond acceptors (Lipinski definition) is 8. The average molecular weight is 495 g/mol. The highest BCUT2D eigenvalue weighted by Gasteiger charge is 2.18. The molecule has 0 atom stereocenters. The van der Waals surface area contributed by atoms with Crippen LogP contribution in [0.15, 0.2) is 60.7 Å². The Bertz CT molecular complexity index is 1280. The summed E-state index contributed by atoms with van der Waals surface area (Å²) in [6.07, 6.45) is 0. The molecule has 3 aromatic carbocycles. The largest absolute Gasteiger partial charge is 0.493 e. The lowest BCUT2D eigenvalue weighted by Crippen LogP contribution is -2.20. The zero-order valence-corrected chi connectivity index (χ0v) is 19.2. The Balaban J connectivity index is 1.32. The summed E-state index contributed by atoms with van der Waals surface area (Å²) in [5, 5.41) is 2.57. The minimum absolute atomic E-state index is 0.130. The Morgan fingerprint density at radius 2 is 1.58 bits per heavy atom. The number of benzene rings is 3. The van der Waals surface area contributed by atoms with Gasteiger partial charge >= 0.3 is 5.97 Å². The van der Waals surface area contributed by atoms with Crippen LogP contribution in [0.5, 0.6) is 23.0 Å². The fraction of sp³-hybridized carbons (Fsp3) is 0.192. The Kier molecular flexibility index (Phi) is 7.64. The van der Waals surface area contributed by atoms with Crippen LogP contribution in [-0.2, 0) is 9.53 Å². The molecule has 3 aromatic rings. The number of methoxy groups -OCH3 is 1. The van der Waals surface area contributed by atoms with Gasteiger partial charge in [0.25, 0.3) is 5.91 Å². The number of amides is 1. The monoisotopic (exact) mass is 495 g/mol. The molecule has 0 spiro atoms. The fourth-order valence-corrected chi connectivity index (χ4v) is 3.30. The summed E-state index contributed by atoms with van der Waals surface area (Å²) < 4.78 is 39.8. The van der Waals surface area contributed by atoms with Gasteiger partial charge in [-0.3, -0.25) is 9.59 Å². The van der Waals surface area contributed by atoms with Crippen molar-refractivity contribution >= 4 is 23.3 Å². The van der Waals surface area contributed by atoms with Gasteiger partial charge in [-0.1, -0.05) is 0 Å². The second kappa shape index (κ2) is 11.2. The number of carbonyl (C=O) groups is 3. The van der Waals surface area contributed by atoms with Crippen molar-refractivity contribution in [2.75, 3.05) is 38.9 Å². The smallest absolute Gasteiger partial charge is 0.338 e. The van der Waals surface area contributed by atoms with Gasteiger partial charge in [0.2, 0.25) is 0 Å². The minimum atomic E-state index is -0.736. The van der Waals surface area contributed by atoms with Crippen LogP contribution >= 0.6 is 0 Å². The van der Waals surface area contributed by atoms with Crippen LogP contribution in [0.4, 0.5) is 10.1 Å². The van der Waals surface area contributed by atoms with E-state index in [1.54, 1.807) is 18.2 Å². The van der Waals surface area contributed by atoms with Crippen LogP contribution in [0.25, 0.3) is 0 Å². The molecule has 1 N–H and O–H groups in total. The van der Waals surface area contributed by atoms with Crippen molar-refractivity contribution in [2.24, 2.45) is 0 Å². The number of nitrogens with one attached hydrogen (secondary N) is 1. The van der Waals surface area contributed by atoms with E-state index in [-0.39, 0.29) is 23.7 Å². The second-order valence-electron chi connectivity index (χ2n) is 7.57. The van der Waals surface area contributed by atoms with Gasteiger partial charge in [0.15, 0.2) is 42.0 Å². The average Bonchev–Trinajstić information content (AvgIpc) is 2.91. The Labute approximate surface area is 205 Å². The van der Waals surface area contributed by atoms with Crippen LogP contribution in [0.1, 0.15) is 20.7 Å². The molecule has 10 heteroatoms. The molecule has 0 unspecified atom stereocenters. The first kappa shape index (κ1) is 24.5. The number of ether oxygens (including phenoxy) is 5. The van der Waals surface area contributed by atoms with Gasteiger partial charge < -0.3 is 29.0 Å². The summed E-state index contributed by atoms with van der Waals surface area (Å²) >= 11 is 0. The highest BCUT2D eigenvalue weighted by atomic mass is 19.1. The third-order valence-corrected chi connectivity index (χ3v) is 5.08.